The molecule has 0 fully saturated rings. The van der Waals surface area contributed by atoms with Crippen molar-refractivity contribution in [1.29, 1.82) is 0 Å². The van der Waals surface area contributed by atoms with Gasteiger partial charge in [0.25, 0.3) is 5.91 Å². The molecular weight excluding hydrogens is 406 g/mol. The number of esters is 1. The number of rotatable bonds is 7. The lowest BCUT2D eigenvalue weighted by Gasteiger charge is -2.22. The third-order valence-electron chi connectivity index (χ3n) is 4.74. The van der Waals surface area contributed by atoms with E-state index in [1.54, 1.807) is 55.6 Å². The van der Waals surface area contributed by atoms with Gasteiger partial charge in [-0.1, -0.05) is 39.0 Å². The molecule has 0 heterocycles. The normalized spacial score (nSPS) is 10.9. The van der Waals surface area contributed by atoms with E-state index in [1.807, 2.05) is 24.3 Å². The Balaban J connectivity index is 1.55. The Morgan fingerprint density at radius 2 is 1.47 bits per heavy atom. The zero-order valence-corrected chi connectivity index (χ0v) is 18.7. The van der Waals surface area contributed by atoms with E-state index in [0.717, 1.165) is 5.56 Å². The average Bonchev–Trinajstić information content (AvgIpc) is 2.78. The van der Waals surface area contributed by atoms with Crippen LogP contribution < -0.4 is 19.5 Å². The first-order valence-electron chi connectivity index (χ1n) is 10.2. The van der Waals surface area contributed by atoms with E-state index in [-0.39, 0.29) is 17.9 Å². The van der Waals surface area contributed by atoms with Gasteiger partial charge in [0, 0.05) is 11.3 Å². The van der Waals surface area contributed by atoms with Gasteiger partial charge in [-0.05, 0) is 65.6 Å². The number of benzene rings is 3. The van der Waals surface area contributed by atoms with Crippen LogP contribution in [0.5, 0.6) is 17.2 Å². The fourth-order valence-electron chi connectivity index (χ4n) is 3.06. The second-order valence-corrected chi connectivity index (χ2v) is 8.22. The van der Waals surface area contributed by atoms with Crippen LogP contribution in [0.4, 0.5) is 5.69 Å². The Hall–Kier alpha value is -3.80. The fourth-order valence-corrected chi connectivity index (χ4v) is 3.06. The van der Waals surface area contributed by atoms with Crippen LogP contribution in [-0.2, 0) is 10.2 Å². The Morgan fingerprint density at radius 1 is 0.844 bits per heavy atom. The number of nitrogens with one attached hydrogen (secondary N) is 1. The zero-order valence-electron chi connectivity index (χ0n) is 18.7. The van der Waals surface area contributed by atoms with Gasteiger partial charge in [0.15, 0.2) is 6.61 Å². The number of anilines is 1. The minimum Gasteiger partial charge on any atom is -0.497 e. The highest BCUT2D eigenvalue weighted by atomic mass is 16.6. The summed E-state index contributed by atoms with van der Waals surface area (Å²) in [4.78, 5) is 24.6. The van der Waals surface area contributed by atoms with Gasteiger partial charge >= 0.3 is 5.97 Å². The molecule has 0 saturated carbocycles. The van der Waals surface area contributed by atoms with Crippen LogP contribution in [0, 0.1) is 0 Å². The van der Waals surface area contributed by atoms with Crippen LogP contribution in [0.1, 0.15) is 36.7 Å². The predicted molar refractivity (Wildman–Crippen MR) is 124 cm³/mol. The smallest absolute Gasteiger partial charge is 0.349 e. The van der Waals surface area contributed by atoms with Gasteiger partial charge in [-0.2, -0.15) is 0 Å². The fraction of sp³-hybridized carbons (Fsp3) is 0.231. The average molecular weight is 434 g/mol. The van der Waals surface area contributed by atoms with Crippen LogP contribution in [0.2, 0.25) is 0 Å². The summed E-state index contributed by atoms with van der Waals surface area (Å²) in [6.45, 7) is 6.03. The number of carbonyl (C=O) groups excluding carboxylic acids is 2. The van der Waals surface area contributed by atoms with Crippen molar-refractivity contribution in [1.82, 2.24) is 0 Å². The lowest BCUT2D eigenvalue weighted by molar-refractivity contribution is -0.136. The Kier molecular flexibility index (Phi) is 7.15. The van der Waals surface area contributed by atoms with Crippen molar-refractivity contribution in [3.8, 4) is 17.2 Å². The number of para-hydroxylation sites is 1. The second-order valence-electron chi connectivity index (χ2n) is 8.22. The number of amides is 1. The van der Waals surface area contributed by atoms with Crippen molar-refractivity contribution in [3.63, 3.8) is 0 Å². The topological polar surface area (TPSA) is 73.9 Å². The molecule has 3 aromatic carbocycles. The molecule has 1 amide bonds. The molecule has 0 aromatic heterocycles. The summed E-state index contributed by atoms with van der Waals surface area (Å²) in [6.07, 6.45) is 0. The molecule has 3 rings (SSSR count). The maximum atomic E-state index is 12.4. The molecule has 0 aliphatic heterocycles. The Bertz CT molecular complexity index is 1070. The third-order valence-corrected chi connectivity index (χ3v) is 4.74. The zero-order chi connectivity index (χ0) is 23.1. The molecule has 0 bridgehead atoms. The van der Waals surface area contributed by atoms with Crippen molar-refractivity contribution in [3.05, 3.63) is 83.9 Å². The predicted octanol–water partition coefficient (Wildman–Crippen LogP) is 5.23. The number of carbonyl (C=O) groups is 2. The second kappa shape index (κ2) is 10.0. The van der Waals surface area contributed by atoms with Gasteiger partial charge in [-0.3, -0.25) is 4.79 Å². The van der Waals surface area contributed by atoms with E-state index in [1.165, 1.54) is 0 Å². The van der Waals surface area contributed by atoms with Gasteiger partial charge in [0.2, 0.25) is 0 Å². The first-order valence-corrected chi connectivity index (χ1v) is 10.2. The molecule has 3 aromatic rings. The van der Waals surface area contributed by atoms with E-state index >= 15 is 0 Å². The van der Waals surface area contributed by atoms with E-state index in [0.29, 0.717) is 28.5 Å². The summed E-state index contributed by atoms with van der Waals surface area (Å²) < 4.78 is 16.1. The molecular formula is C26H27NO5. The molecule has 1 N–H and O–H groups in total. The van der Waals surface area contributed by atoms with Crippen molar-refractivity contribution in [2.75, 3.05) is 19.0 Å². The molecule has 32 heavy (non-hydrogen) atoms. The standard InChI is InChI=1S/C26H27NO5/c1-26(2,3)22-7-5-6-8-23(22)31-17-24(28)32-21-13-9-18(10-14-21)25(29)27-19-11-15-20(30-4)16-12-19/h5-16H,17H2,1-4H3,(H,27,29). The third kappa shape index (κ3) is 6.11. The molecule has 0 aliphatic carbocycles. The van der Waals surface area contributed by atoms with E-state index in [4.69, 9.17) is 14.2 Å². The summed E-state index contributed by atoms with van der Waals surface area (Å²) in [5, 5.41) is 2.80. The molecule has 6 heteroatoms. The van der Waals surface area contributed by atoms with Gasteiger partial charge < -0.3 is 19.5 Å². The first-order chi connectivity index (χ1) is 15.3. The summed E-state index contributed by atoms with van der Waals surface area (Å²) in [5.41, 5.74) is 2.00. The molecule has 6 nitrogen and oxygen atoms in total. The van der Waals surface area contributed by atoms with Gasteiger partial charge in [-0.15, -0.1) is 0 Å². The van der Waals surface area contributed by atoms with Crippen LogP contribution in [-0.4, -0.2) is 25.6 Å². The lowest BCUT2D eigenvalue weighted by Crippen LogP contribution is -2.20. The highest BCUT2D eigenvalue weighted by Crippen LogP contribution is 2.31. The summed E-state index contributed by atoms with van der Waals surface area (Å²) in [7, 11) is 1.58. The van der Waals surface area contributed by atoms with Crippen LogP contribution in [0.25, 0.3) is 0 Å². The number of hydrogen-bond acceptors (Lipinski definition) is 5. The lowest BCUT2D eigenvalue weighted by atomic mass is 9.86. The van der Waals surface area contributed by atoms with Crippen LogP contribution in [0.3, 0.4) is 0 Å². The molecule has 0 radical (unpaired) electrons. The van der Waals surface area contributed by atoms with E-state index in [2.05, 4.69) is 26.1 Å². The summed E-state index contributed by atoms with van der Waals surface area (Å²) in [5.74, 6) is 0.908. The van der Waals surface area contributed by atoms with E-state index < -0.39 is 5.97 Å². The minimum atomic E-state index is -0.524. The van der Waals surface area contributed by atoms with Gasteiger partial charge in [0.05, 0.1) is 7.11 Å². The quantitative estimate of drug-likeness (QED) is 0.408. The summed E-state index contributed by atoms with van der Waals surface area (Å²) in [6, 6.07) is 21.0. The monoisotopic (exact) mass is 433 g/mol. The number of ether oxygens (including phenoxy) is 3. The molecule has 0 atom stereocenters. The highest BCUT2D eigenvalue weighted by molar-refractivity contribution is 6.04. The van der Waals surface area contributed by atoms with E-state index in [9.17, 15) is 9.59 Å². The van der Waals surface area contributed by atoms with Crippen molar-refractivity contribution in [2.45, 2.75) is 26.2 Å². The largest absolute Gasteiger partial charge is 0.497 e. The van der Waals surface area contributed by atoms with Gasteiger partial charge in [-0.25, -0.2) is 4.79 Å². The molecule has 166 valence electrons. The van der Waals surface area contributed by atoms with Crippen molar-refractivity contribution < 1.29 is 23.8 Å². The molecule has 0 saturated heterocycles. The molecule has 0 spiro atoms. The van der Waals surface area contributed by atoms with Crippen LogP contribution >= 0.6 is 0 Å². The minimum absolute atomic E-state index is 0.108. The maximum absolute atomic E-state index is 12.4. The summed E-state index contributed by atoms with van der Waals surface area (Å²) >= 11 is 0. The van der Waals surface area contributed by atoms with Crippen molar-refractivity contribution >= 4 is 17.6 Å². The Morgan fingerprint density at radius 3 is 2.09 bits per heavy atom. The van der Waals surface area contributed by atoms with Gasteiger partial charge in [0.1, 0.15) is 17.2 Å². The SMILES string of the molecule is COc1ccc(NC(=O)c2ccc(OC(=O)COc3ccccc3C(C)(C)C)cc2)cc1. The molecule has 0 unspecified atom stereocenters. The maximum Gasteiger partial charge on any atom is 0.349 e. The van der Waals surface area contributed by atoms with Crippen molar-refractivity contribution in [2.24, 2.45) is 0 Å². The Labute approximate surface area is 188 Å². The number of hydrogen-bond donors (Lipinski definition) is 1. The van der Waals surface area contributed by atoms with Crippen LogP contribution in [0.15, 0.2) is 72.8 Å². The first kappa shape index (κ1) is 22.9. The number of methoxy groups -OCH3 is 1. The molecule has 0 aliphatic rings. The highest BCUT2D eigenvalue weighted by Gasteiger charge is 2.19.